The number of carbonyl (C=O) groups is 1. The van der Waals surface area contributed by atoms with Crippen LogP contribution in [0.25, 0.3) is 0 Å². The minimum atomic E-state index is -0.578. The monoisotopic (exact) mass is 219 g/mol. The molecule has 0 saturated heterocycles. The van der Waals surface area contributed by atoms with E-state index in [1.807, 2.05) is 0 Å². The van der Waals surface area contributed by atoms with Crippen molar-refractivity contribution < 1.29 is 13.6 Å². The highest BCUT2D eigenvalue weighted by Crippen LogP contribution is 2.18. The lowest BCUT2D eigenvalue weighted by Gasteiger charge is -2.04. The summed E-state index contributed by atoms with van der Waals surface area (Å²) in [6.07, 6.45) is 1.57. The number of Topliss-reactive ketones (excluding diaryl/α,β-unsaturated/α-hetero) is 1. The van der Waals surface area contributed by atoms with Crippen LogP contribution in [0.1, 0.15) is 16.1 Å². The quantitative estimate of drug-likeness (QED) is 0.637. The maximum Gasteiger partial charge on any atom is 0.172 e. The molecule has 2 rings (SSSR count). The SMILES string of the molecule is Nc1c(F)cccc1C(=O)Cc1ccco1. The molecule has 3 nitrogen and oxygen atoms in total. The van der Waals surface area contributed by atoms with Gasteiger partial charge >= 0.3 is 0 Å². The van der Waals surface area contributed by atoms with Gasteiger partial charge in [0.2, 0.25) is 0 Å². The number of para-hydroxylation sites is 1. The van der Waals surface area contributed by atoms with Crippen LogP contribution in [0.15, 0.2) is 41.0 Å². The van der Waals surface area contributed by atoms with Crippen molar-refractivity contribution in [2.75, 3.05) is 5.73 Å². The smallest absolute Gasteiger partial charge is 0.172 e. The average molecular weight is 219 g/mol. The zero-order valence-electron chi connectivity index (χ0n) is 8.44. The number of benzene rings is 1. The summed E-state index contributed by atoms with van der Waals surface area (Å²) in [4.78, 5) is 11.8. The highest BCUT2D eigenvalue weighted by atomic mass is 19.1. The molecule has 1 heterocycles. The van der Waals surface area contributed by atoms with Gasteiger partial charge in [-0.3, -0.25) is 4.79 Å². The first-order chi connectivity index (χ1) is 7.68. The van der Waals surface area contributed by atoms with Crippen molar-refractivity contribution in [3.8, 4) is 0 Å². The molecule has 0 fully saturated rings. The van der Waals surface area contributed by atoms with Gasteiger partial charge in [-0.25, -0.2) is 4.39 Å². The van der Waals surface area contributed by atoms with Gasteiger partial charge in [-0.2, -0.15) is 0 Å². The van der Waals surface area contributed by atoms with Crippen molar-refractivity contribution in [1.82, 2.24) is 0 Å². The summed E-state index contributed by atoms with van der Waals surface area (Å²) in [7, 11) is 0. The Labute approximate surface area is 91.7 Å². The molecular formula is C12H10FNO2. The molecule has 0 unspecified atom stereocenters. The highest BCUT2D eigenvalue weighted by Gasteiger charge is 2.14. The molecule has 4 heteroatoms. The standard InChI is InChI=1S/C12H10FNO2/c13-10-5-1-4-9(12(10)14)11(15)7-8-3-2-6-16-8/h1-6H,7,14H2. The van der Waals surface area contributed by atoms with Crippen LogP contribution < -0.4 is 5.73 Å². The third-order valence-corrected chi connectivity index (χ3v) is 2.27. The fraction of sp³-hybridized carbons (Fsp3) is 0.0833. The zero-order valence-corrected chi connectivity index (χ0v) is 8.44. The molecule has 2 N–H and O–H groups in total. The minimum absolute atomic E-state index is 0.0840. The van der Waals surface area contributed by atoms with Gasteiger partial charge in [0, 0.05) is 5.56 Å². The summed E-state index contributed by atoms with van der Waals surface area (Å²) >= 11 is 0. The molecule has 0 spiro atoms. The van der Waals surface area contributed by atoms with E-state index < -0.39 is 5.82 Å². The number of hydrogen-bond acceptors (Lipinski definition) is 3. The Bertz CT molecular complexity index is 506. The van der Waals surface area contributed by atoms with Gasteiger partial charge in [-0.15, -0.1) is 0 Å². The Morgan fingerprint density at radius 1 is 1.31 bits per heavy atom. The summed E-state index contributed by atoms with van der Waals surface area (Å²) in [6, 6.07) is 7.56. The summed E-state index contributed by atoms with van der Waals surface area (Å²) in [5.74, 6) is -0.300. The lowest BCUT2D eigenvalue weighted by Crippen LogP contribution is -2.07. The molecule has 0 atom stereocenters. The van der Waals surface area contributed by atoms with Crippen LogP contribution in [0.2, 0.25) is 0 Å². The highest BCUT2D eigenvalue weighted by molar-refractivity contribution is 6.01. The molecule has 0 bridgehead atoms. The van der Waals surface area contributed by atoms with Gasteiger partial charge in [0.05, 0.1) is 18.4 Å². The van der Waals surface area contributed by atoms with Crippen LogP contribution >= 0.6 is 0 Å². The maximum atomic E-state index is 13.1. The van der Waals surface area contributed by atoms with Crippen LogP contribution in [-0.2, 0) is 6.42 Å². The van der Waals surface area contributed by atoms with Crippen molar-refractivity contribution in [2.24, 2.45) is 0 Å². The molecule has 0 aliphatic rings. The summed E-state index contributed by atoms with van der Waals surface area (Å²) in [6.45, 7) is 0. The van der Waals surface area contributed by atoms with E-state index in [1.54, 1.807) is 12.1 Å². The van der Waals surface area contributed by atoms with Gasteiger partial charge in [0.25, 0.3) is 0 Å². The number of anilines is 1. The average Bonchev–Trinajstić information content (AvgIpc) is 2.74. The number of furan rings is 1. The molecule has 1 aromatic heterocycles. The number of halogens is 1. The fourth-order valence-corrected chi connectivity index (χ4v) is 1.45. The van der Waals surface area contributed by atoms with E-state index in [2.05, 4.69) is 0 Å². The van der Waals surface area contributed by atoms with Gasteiger partial charge in [-0.1, -0.05) is 6.07 Å². The molecule has 0 radical (unpaired) electrons. The van der Waals surface area contributed by atoms with Crippen molar-refractivity contribution in [1.29, 1.82) is 0 Å². The molecule has 82 valence electrons. The van der Waals surface area contributed by atoms with Gasteiger partial charge in [0.15, 0.2) is 5.78 Å². The van der Waals surface area contributed by atoms with E-state index in [1.165, 1.54) is 24.5 Å². The molecule has 16 heavy (non-hydrogen) atoms. The van der Waals surface area contributed by atoms with Crippen LogP contribution in [0, 0.1) is 5.82 Å². The van der Waals surface area contributed by atoms with Crippen molar-refractivity contribution >= 4 is 11.5 Å². The number of carbonyl (C=O) groups excluding carboxylic acids is 1. The molecule has 0 amide bonds. The van der Waals surface area contributed by atoms with Crippen LogP contribution in [-0.4, -0.2) is 5.78 Å². The normalized spacial score (nSPS) is 10.3. The molecule has 0 saturated carbocycles. The Kier molecular flexibility index (Phi) is 2.72. The predicted molar refractivity (Wildman–Crippen MR) is 57.6 cm³/mol. The second kappa shape index (κ2) is 4.18. The van der Waals surface area contributed by atoms with E-state index in [4.69, 9.17) is 10.2 Å². The Hall–Kier alpha value is -2.10. The number of nitrogen functional groups attached to an aromatic ring is 1. The van der Waals surface area contributed by atoms with Gasteiger partial charge in [0.1, 0.15) is 11.6 Å². The van der Waals surface area contributed by atoms with Crippen LogP contribution in [0.4, 0.5) is 10.1 Å². The first kappa shape index (κ1) is 10.4. The first-order valence-electron chi connectivity index (χ1n) is 4.78. The van der Waals surface area contributed by atoms with Crippen molar-refractivity contribution in [3.63, 3.8) is 0 Å². The summed E-state index contributed by atoms with van der Waals surface area (Å²) in [5, 5.41) is 0. The summed E-state index contributed by atoms with van der Waals surface area (Å²) < 4.78 is 18.2. The Morgan fingerprint density at radius 3 is 2.81 bits per heavy atom. The molecule has 2 aromatic rings. The predicted octanol–water partition coefficient (Wildman–Crippen LogP) is 2.43. The van der Waals surface area contributed by atoms with Gasteiger partial charge in [-0.05, 0) is 24.3 Å². The van der Waals surface area contributed by atoms with Gasteiger partial charge < -0.3 is 10.2 Å². The number of nitrogens with two attached hydrogens (primary N) is 1. The van der Waals surface area contributed by atoms with E-state index in [9.17, 15) is 9.18 Å². The topological polar surface area (TPSA) is 56.2 Å². The molecule has 0 aliphatic carbocycles. The number of rotatable bonds is 3. The Morgan fingerprint density at radius 2 is 2.12 bits per heavy atom. The number of hydrogen-bond donors (Lipinski definition) is 1. The Balaban J connectivity index is 2.24. The molecular weight excluding hydrogens is 209 g/mol. The van der Waals surface area contributed by atoms with E-state index >= 15 is 0 Å². The zero-order chi connectivity index (χ0) is 11.5. The lowest BCUT2D eigenvalue weighted by atomic mass is 10.1. The van der Waals surface area contributed by atoms with E-state index in [-0.39, 0.29) is 23.5 Å². The van der Waals surface area contributed by atoms with Crippen LogP contribution in [0.3, 0.4) is 0 Å². The lowest BCUT2D eigenvalue weighted by molar-refractivity contribution is 0.0987. The second-order valence-electron chi connectivity index (χ2n) is 3.38. The molecule has 0 aliphatic heterocycles. The maximum absolute atomic E-state index is 13.1. The first-order valence-corrected chi connectivity index (χ1v) is 4.78. The third kappa shape index (κ3) is 1.95. The number of ketones is 1. The molecule has 1 aromatic carbocycles. The largest absolute Gasteiger partial charge is 0.469 e. The van der Waals surface area contributed by atoms with Crippen molar-refractivity contribution in [3.05, 3.63) is 53.7 Å². The van der Waals surface area contributed by atoms with E-state index in [0.717, 1.165) is 0 Å². The minimum Gasteiger partial charge on any atom is -0.469 e. The van der Waals surface area contributed by atoms with E-state index in [0.29, 0.717) is 5.76 Å². The third-order valence-electron chi connectivity index (χ3n) is 2.27. The second-order valence-corrected chi connectivity index (χ2v) is 3.38. The fourth-order valence-electron chi connectivity index (χ4n) is 1.45. The van der Waals surface area contributed by atoms with Crippen molar-refractivity contribution in [2.45, 2.75) is 6.42 Å². The van der Waals surface area contributed by atoms with Crippen LogP contribution in [0.5, 0.6) is 0 Å². The summed E-state index contributed by atoms with van der Waals surface area (Å²) in [5.41, 5.74) is 5.57.